The summed E-state index contributed by atoms with van der Waals surface area (Å²) in [4.78, 5) is 7.50. The minimum Gasteiger partial charge on any atom is -0.383 e. The third kappa shape index (κ3) is 0.953. The Hall–Kier alpha value is -1.51. The second kappa shape index (κ2) is 2.29. The summed E-state index contributed by atoms with van der Waals surface area (Å²) < 4.78 is 0. The zero-order chi connectivity index (χ0) is 9.76. The highest BCUT2D eigenvalue weighted by molar-refractivity contribution is 5.89. The number of nitrogens with one attached hydrogen (secondary N) is 1. The minimum atomic E-state index is 0.367. The maximum absolute atomic E-state index is 5.80. The van der Waals surface area contributed by atoms with E-state index in [2.05, 4.69) is 23.0 Å². The average Bonchev–Trinajstić information content (AvgIpc) is 2.77. The van der Waals surface area contributed by atoms with Crippen LogP contribution in [0, 0.1) is 0 Å². The molecule has 3 rings (SSSR count). The van der Waals surface area contributed by atoms with Crippen LogP contribution in [0.15, 0.2) is 18.3 Å². The quantitative estimate of drug-likeness (QED) is 0.719. The standard InChI is InChI=1S/C11H13N3/c1-11(3-4-11)9-6-7-8(14-9)2-5-13-10(7)12/h2,5-6,14H,3-4H2,1H3,(H2,12,13). The Labute approximate surface area is 82.3 Å². The minimum absolute atomic E-state index is 0.367. The molecule has 0 atom stereocenters. The molecule has 0 aromatic carbocycles. The van der Waals surface area contributed by atoms with Crippen molar-refractivity contribution >= 4 is 16.7 Å². The number of nitrogen functional groups attached to an aromatic ring is 1. The third-order valence-electron chi connectivity index (χ3n) is 3.23. The summed E-state index contributed by atoms with van der Waals surface area (Å²) in [7, 11) is 0. The zero-order valence-corrected chi connectivity index (χ0v) is 8.17. The molecule has 0 unspecified atom stereocenters. The molecule has 0 bridgehead atoms. The van der Waals surface area contributed by atoms with Gasteiger partial charge in [0, 0.05) is 22.7 Å². The van der Waals surface area contributed by atoms with Gasteiger partial charge < -0.3 is 10.7 Å². The van der Waals surface area contributed by atoms with Crippen molar-refractivity contribution in [3.05, 3.63) is 24.0 Å². The molecule has 0 aliphatic heterocycles. The van der Waals surface area contributed by atoms with Crippen molar-refractivity contribution in [3.63, 3.8) is 0 Å². The number of hydrogen-bond donors (Lipinski definition) is 2. The van der Waals surface area contributed by atoms with Crippen molar-refractivity contribution in [2.75, 3.05) is 5.73 Å². The van der Waals surface area contributed by atoms with Crippen LogP contribution in [0.3, 0.4) is 0 Å². The SMILES string of the molecule is CC1(c2cc3c(N)nccc3[nH]2)CC1. The lowest BCUT2D eigenvalue weighted by molar-refractivity contribution is 0.761. The summed E-state index contributed by atoms with van der Waals surface area (Å²) in [6, 6.07) is 4.12. The van der Waals surface area contributed by atoms with E-state index in [0.717, 1.165) is 10.9 Å². The summed E-state index contributed by atoms with van der Waals surface area (Å²) >= 11 is 0. The van der Waals surface area contributed by atoms with Gasteiger partial charge in [-0.3, -0.25) is 0 Å². The van der Waals surface area contributed by atoms with E-state index in [0.29, 0.717) is 11.2 Å². The fourth-order valence-corrected chi connectivity index (χ4v) is 1.86. The molecule has 0 radical (unpaired) electrons. The molecule has 1 aliphatic carbocycles. The van der Waals surface area contributed by atoms with Gasteiger partial charge in [-0.1, -0.05) is 6.92 Å². The summed E-state index contributed by atoms with van der Waals surface area (Å²) in [5, 5.41) is 1.05. The summed E-state index contributed by atoms with van der Waals surface area (Å²) in [5.74, 6) is 0.620. The number of aromatic amines is 1. The maximum atomic E-state index is 5.80. The van der Waals surface area contributed by atoms with Crippen molar-refractivity contribution in [1.29, 1.82) is 0 Å². The number of hydrogen-bond acceptors (Lipinski definition) is 2. The predicted molar refractivity (Wildman–Crippen MR) is 57.1 cm³/mol. The van der Waals surface area contributed by atoms with E-state index in [1.54, 1.807) is 6.20 Å². The van der Waals surface area contributed by atoms with Crippen molar-refractivity contribution in [2.45, 2.75) is 25.2 Å². The number of rotatable bonds is 1. The Morgan fingerprint density at radius 2 is 2.29 bits per heavy atom. The predicted octanol–water partition coefficient (Wildman–Crippen LogP) is 2.20. The first kappa shape index (κ1) is 7.85. The normalized spacial score (nSPS) is 18.6. The highest BCUT2D eigenvalue weighted by Gasteiger charge is 2.40. The van der Waals surface area contributed by atoms with Gasteiger partial charge in [-0.15, -0.1) is 0 Å². The van der Waals surface area contributed by atoms with Gasteiger partial charge in [-0.2, -0.15) is 0 Å². The summed E-state index contributed by atoms with van der Waals surface area (Å²) in [6.45, 7) is 2.28. The molecule has 2 aromatic heterocycles. The molecule has 3 nitrogen and oxygen atoms in total. The highest BCUT2D eigenvalue weighted by Crippen LogP contribution is 2.47. The van der Waals surface area contributed by atoms with Gasteiger partial charge in [0.25, 0.3) is 0 Å². The monoisotopic (exact) mass is 187 g/mol. The van der Waals surface area contributed by atoms with Crippen LogP contribution in [0.2, 0.25) is 0 Å². The lowest BCUT2D eigenvalue weighted by Crippen LogP contribution is -1.98. The Morgan fingerprint density at radius 1 is 1.50 bits per heavy atom. The summed E-state index contributed by atoms with van der Waals surface area (Å²) in [6.07, 6.45) is 4.29. The second-order valence-electron chi connectivity index (χ2n) is 4.40. The molecule has 14 heavy (non-hydrogen) atoms. The molecule has 1 aliphatic rings. The number of fused-ring (bicyclic) bond motifs is 1. The van der Waals surface area contributed by atoms with Crippen molar-refractivity contribution in [1.82, 2.24) is 9.97 Å². The van der Waals surface area contributed by atoms with Crippen molar-refractivity contribution < 1.29 is 0 Å². The smallest absolute Gasteiger partial charge is 0.132 e. The van der Waals surface area contributed by atoms with Gasteiger partial charge in [0.05, 0.1) is 5.52 Å². The van der Waals surface area contributed by atoms with E-state index in [9.17, 15) is 0 Å². The Kier molecular flexibility index (Phi) is 1.29. The van der Waals surface area contributed by atoms with Gasteiger partial charge in [0.2, 0.25) is 0 Å². The topological polar surface area (TPSA) is 54.7 Å². The molecule has 72 valence electrons. The van der Waals surface area contributed by atoms with Crippen molar-refractivity contribution in [2.24, 2.45) is 0 Å². The summed E-state index contributed by atoms with van der Waals surface area (Å²) in [5.41, 5.74) is 8.56. The lowest BCUT2D eigenvalue weighted by atomic mass is 10.1. The number of nitrogens with zero attached hydrogens (tertiary/aromatic N) is 1. The third-order valence-corrected chi connectivity index (χ3v) is 3.23. The van der Waals surface area contributed by atoms with Gasteiger partial charge in [-0.05, 0) is 25.0 Å². The Balaban J connectivity index is 2.25. The number of anilines is 1. The van der Waals surface area contributed by atoms with Gasteiger partial charge in [0.15, 0.2) is 0 Å². The second-order valence-corrected chi connectivity index (χ2v) is 4.40. The van der Waals surface area contributed by atoms with E-state index >= 15 is 0 Å². The van der Waals surface area contributed by atoms with Crippen LogP contribution in [0.4, 0.5) is 5.82 Å². The first-order valence-corrected chi connectivity index (χ1v) is 4.93. The van der Waals surface area contributed by atoms with Crippen LogP contribution in [-0.4, -0.2) is 9.97 Å². The van der Waals surface area contributed by atoms with Crippen LogP contribution >= 0.6 is 0 Å². The fourth-order valence-electron chi connectivity index (χ4n) is 1.86. The van der Waals surface area contributed by atoms with Crippen molar-refractivity contribution in [3.8, 4) is 0 Å². The lowest BCUT2D eigenvalue weighted by Gasteiger charge is -2.02. The van der Waals surface area contributed by atoms with Gasteiger partial charge in [-0.25, -0.2) is 4.98 Å². The van der Waals surface area contributed by atoms with Crippen LogP contribution in [0.25, 0.3) is 10.9 Å². The number of nitrogens with two attached hydrogens (primary N) is 1. The Morgan fingerprint density at radius 3 is 2.93 bits per heavy atom. The Bertz CT molecular complexity index is 494. The molecule has 3 heteroatoms. The molecule has 0 spiro atoms. The average molecular weight is 187 g/mol. The zero-order valence-electron chi connectivity index (χ0n) is 8.17. The van der Waals surface area contributed by atoms with Crippen LogP contribution in [0.1, 0.15) is 25.5 Å². The molecule has 1 saturated carbocycles. The van der Waals surface area contributed by atoms with Gasteiger partial charge in [0.1, 0.15) is 5.82 Å². The van der Waals surface area contributed by atoms with Crippen LogP contribution in [0.5, 0.6) is 0 Å². The number of H-pyrrole nitrogens is 1. The molecule has 0 amide bonds. The van der Waals surface area contributed by atoms with Crippen LogP contribution < -0.4 is 5.73 Å². The van der Waals surface area contributed by atoms with E-state index in [-0.39, 0.29) is 0 Å². The molecule has 2 heterocycles. The molecular weight excluding hydrogens is 174 g/mol. The van der Waals surface area contributed by atoms with Gasteiger partial charge >= 0.3 is 0 Å². The number of aromatic nitrogens is 2. The molecule has 3 N–H and O–H groups in total. The molecule has 2 aromatic rings. The van der Waals surface area contributed by atoms with Crippen LogP contribution in [-0.2, 0) is 5.41 Å². The molecule has 1 fully saturated rings. The number of pyridine rings is 1. The maximum Gasteiger partial charge on any atom is 0.132 e. The molecule has 0 saturated heterocycles. The highest BCUT2D eigenvalue weighted by atomic mass is 14.9. The van der Waals surface area contributed by atoms with E-state index < -0.39 is 0 Å². The largest absolute Gasteiger partial charge is 0.383 e. The molecular formula is C11H13N3. The van der Waals surface area contributed by atoms with E-state index in [1.165, 1.54) is 18.5 Å². The van der Waals surface area contributed by atoms with E-state index in [4.69, 9.17) is 5.73 Å². The first-order chi connectivity index (χ1) is 6.69. The van der Waals surface area contributed by atoms with E-state index in [1.807, 2.05) is 6.07 Å². The fraction of sp³-hybridized carbons (Fsp3) is 0.364. The first-order valence-electron chi connectivity index (χ1n) is 4.93.